The Hall–Kier alpha value is -2.30. The summed E-state index contributed by atoms with van der Waals surface area (Å²) in [5, 5.41) is 4.31. The molecule has 0 aliphatic heterocycles. The third kappa shape index (κ3) is 2.99. The smallest absolute Gasteiger partial charge is 0.338 e. The summed E-state index contributed by atoms with van der Waals surface area (Å²) in [7, 11) is 0. The molecule has 0 bridgehead atoms. The molecule has 2 N–H and O–H groups in total. The minimum Gasteiger partial charge on any atom is -0.456 e. The number of aryl methyl sites for hydroxylation is 3. The van der Waals surface area contributed by atoms with Crippen molar-refractivity contribution in [3.63, 3.8) is 0 Å². The zero-order chi connectivity index (χ0) is 14.7. The summed E-state index contributed by atoms with van der Waals surface area (Å²) in [4.78, 5) is 12.0. The molecule has 0 radical (unpaired) electrons. The van der Waals surface area contributed by atoms with E-state index in [2.05, 4.69) is 5.10 Å². The second-order valence-electron chi connectivity index (χ2n) is 4.74. The van der Waals surface area contributed by atoms with Crippen LogP contribution in [0.3, 0.4) is 0 Å². The number of nitrogens with two attached hydrogens (primary N) is 1. The molecule has 0 aliphatic rings. The highest BCUT2D eigenvalue weighted by molar-refractivity contribution is 5.90. The van der Waals surface area contributed by atoms with Gasteiger partial charge < -0.3 is 10.5 Å². The van der Waals surface area contributed by atoms with E-state index in [0.717, 1.165) is 23.5 Å². The van der Waals surface area contributed by atoms with E-state index in [1.54, 1.807) is 12.1 Å². The van der Waals surface area contributed by atoms with Crippen molar-refractivity contribution in [3.8, 4) is 0 Å². The number of carbonyl (C=O) groups is 1. The minimum absolute atomic E-state index is 0.210. The lowest BCUT2D eigenvalue weighted by atomic mass is 10.1. The number of nitrogen functional groups attached to an aromatic ring is 1. The van der Waals surface area contributed by atoms with Crippen LogP contribution in [0.4, 0.5) is 5.69 Å². The fourth-order valence-corrected chi connectivity index (χ4v) is 1.98. The second-order valence-corrected chi connectivity index (χ2v) is 4.74. The van der Waals surface area contributed by atoms with Crippen molar-refractivity contribution in [1.29, 1.82) is 0 Å². The zero-order valence-electron chi connectivity index (χ0n) is 12.0. The van der Waals surface area contributed by atoms with Crippen LogP contribution in [-0.2, 0) is 17.9 Å². The maximum Gasteiger partial charge on any atom is 0.338 e. The molecular formula is C15H19N3O2. The topological polar surface area (TPSA) is 70.1 Å². The van der Waals surface area contributed by atoms with Gasteiger partial charge in [-0.25, -0.2) is 4.79 Å². The number of carbonyl (C=O) groups excluding carboxylic acids is 1. The second kappa shape index (κ2) is 5.77. The summed E-state index contributed by atoms with van der Waals surface area (Å²) in [6, 6.07) is 7.09. The van der Waals surface area contributed by atoms with E-state index in [4.69, 9.17) is 10.5 Å². The average molecular weight is 273 g/mol. The van der Waals surface area contributed by atoms with Crippen molar-refractivity contribution in [2.24, 2.45) is 0 Å². The Balaban J connectivity index is 2.06. The fraction of sp³-hybridized carbons (Fsp3) is 0.333. The Kier molecular flexibility index (Phi) is 4.08. The van der Waals surface area contributed by atoms with Crippen molar-refractivity contribution in [2.45, 2.75) is 33.9 Å². The Labute approximate surface area is 118 Å². The molecule has 20 heavy (non-hydrogen) atoms. The van der Waals surface area contributed by atoms with Gasteiger partial charge in [0.05, 0.1) is 17.0 Å². The average Bonchev–Trinajstić information content (AvgIpc) is 2.79. The maximum atomic E-state index is 12.0. The van der Waals surface area contributed by atoms with Gasteiger partial charge in [0.15, 0.2) is 0 Å². The van der Waals surface area contributed by atoms with Crippen LogP contribution in [0.5, 0.6) is 0 Å². The number of rotatable bonds is 4. The van der Waals surface area contributed by atoms with Crippen LogP contribution >= 0.6 is 0 Å². The Morgan fingerprint density at radius 2 is 2.10 bits per heavy atom. The summed E-state index contributed by atoms with van der Waals surface area (Å²) >= 11 is 0. The molecular weight excluding hydrogens is 254 g/mol. The van der Waals surface area contributed by atoms with Crippen LogP contribution in [-0.4, -0.2) is 15.7 Å². The van der Waals surface area contributed by atoms with Gasteiger partial charge in [0.2, 0.25) is 0 Å². The van der Waals surface area contributed by atoms with Crippen LogP contribution in [0.2, 0.25) is 0 Å². The van der Waals surface area contributed by atoms with Crippen LogP contribution in [0, 0.1) is 13.8 Å². The first-order chi connectivity index (χ1) is 9.51. The lowest BCUT2D eigenvalue weighted by Gasteiger charge is -2.07. The number of anilines is 1. The molecule has 2 aromatic rings. The lowest BCUT2D eigenvalue weighted by molar-refractivity contribution is 0.0462. The van der Waals surface area contributed by atoms with E-state index in [0.29, 0.717) is 11.3 Å². The SMILES string of the molecule is CCn1nc(C)cc1COC(=O)c1ccc(C)c(N)c1. The van der Waals surface area contributed by atoms with Gasteiger partial charge in [-0.3, -0.25) is 4.68 Å². The molecule has 5 nitrogen and oxygen atoms in total. The molecule has 1 aromatic carbocycles. The van der Waals surface area contributed by atoms with E-state index < -0.39 is 0 Å². The quantitative estimate of drug-likeness (QED) is 0.686. The van der Waals surface area contributed by atoms with Crippen molar-refractivity contribution >= 4 is 11.7 Å². The van der Waals surface area contributed by atoms with Gasteiger partial charge in [-0.15, -0.1) is 0 Å². The first-order valence-corrected chi connectivity index (χ1v) is 6.58. The zero-order valence-corrected chi connectivity index (χ0v) is 12.0. The van der Waals surface area contributed by atoms with E-state index >= 15 is 0 Å². The molecule has 5 heteroatoms. The highest BCUT2D eigenvalue weighted by atomic mass is 16.5. The number of esters is 1. The van der Waals surface area contributed by atoms with Gasteiger partial charge >= 0.3 is 5.97 Å². The molecule has 1 heterocycles. The summed E-state index contributed by atoms with van der Waals surface area (Å²) in [6.45, 7) is 6.77. The summed E-state index contributed by atoms with van der Waals surface area (Å²) in [6.07, 6.45) is 0. The number of ether oxygens (including phenoxy) is 1. The number of hydrogen-bond acceptors (Lipinski definition) is 4. The normalized spacial score (nSPS) is 10.6. The van der Waals surface area contributed by atoms with Gasteiger partial charge in [0.1, 0.15) is 6.61 Å². The maximum absolute atomic E-state index is 12.0. The Morgan fingerprint density at radius 1 is 1.35 bits per heavy atom. The fourth-order valence-electron chi connectivity index (χ4n) is 1.98. The monoisotopic (exact) mass is 273 g/mol. The molecule has 0 fully saturated rings. The van der Waals surface area contributed by atoms with Crippen molar-refractivity contribution in [1.82, 2.24) is 9.78 Å². The molecule has 0 atom stereocenters. The Bertz CT molecular complexity index is 632. The van der Waals surface area contributed by atoms with Gasteiger partial charge in [-0.05, 0) is 44.5 Å². The first-order valence-electron chi connectivity index (χ1n) is 6.58. The molecule has 2 rings (SSSR count). The van der Waals surface area contributed by atoms with Gasteiger partial charge in [-0.1, -0.05) is 6.07 Å². The third-order valence-electron chi connectivity index (χ3n) is 3.15. The number of benzene rings is 1. The van der Waals surface area contributed by atoms with Crippen LogP contribution in [0.25, 0.3) is 0 Å². The van der Waals surface area contributed by atoms with Gasteiger partial charge in [0.25, 0.3) is 0 Å². The highest BCUT2D eigenvalue weighted by Crippen LogP contribution is 2.14. The van der Waals surface area contributed by atoms with Gasteiger partial charge in [0, 0.05) is 12.2 Å². The van der Waals surface area contributed by atoms with Crippen molar-refractivity contribution in [2.75, 3.05) is 5.73 Å². The molecule has 106 valence electrons. The van der Waals surface area contributed by atoms with Crippen LogP contribution in [0.15, 0.2) is 24.3 Å². The van der Waals surface area contributed by atoms with E-state index in [1.165, 1.54) is 0 Å². The molecule has 1 aromatic heterocycles. The van der Waals surface area contributed by atoms with E-state index in [-0.39, 0.29) is 12.6 Å². The predicted octanol–water partition coefficient (Wildman–Crippen LogP) is 2.46. The van der Waals surface area contributed by atoms with Crippen molar-refractivity contribution < 1.29 is 9.53 Å². The summed E-state index contributed by atoms with van der Waals surface area (Å²) in [5.74, 6) is -0.377. The van der Waals surface area contributed by atoms with E-state index in [1.807, 2.05) is 37.6 Å². The molecule has 0 saturated heterocycles. The molecule has 0 spiro atoms. The minimum atomic E-state index is -0.377. The van der Waals surface area contributed by atoms with E-state index in [9.17, 15) is 4.79 Å². The molecule has 0 unspecified atom stereocenters. The first kappa shape index (κ1) is 14.1. The lowest BCUT2D eigenvalue weighted by Crippen LogP contribution is -2.10. The number of nitrogens with zero attached hydrogens (tertiary/aromatic N) is 2. The van der Waals surface area contributed by atoms with Gasteiger partial charge in [-0.2, -0.15) is 5.10 Å². The standard InChI is InChI=1S/C15H19N3O2/c1-4-18-13(7-11(3)17-18)9-20-15(19)12-6-5-10(2)14(16)8-12/h5-8H,4,9,16H2,1-3H3. The van der Waals surface area contributed by atoms with Crippen LogP contribution < -0.4 is 5.73 Å². The number of aromatic nitrogens is 2. The molecule has 0 amide bonds. The van der Waals surface area contributed by atoms with Crippen LogP contribution in [0.1, 0.15) is 34.2 Å². The summed E-state index contributed by atoms with van der Waals surface area (Å²) < 4.78 is 7.14. The molecule has 0 aliphatic carbocycles. The largest absolute Gasteiger partial charge is 0.456 e. The predicted molar refractivity (Wildman–Crippen MR) is 77.3 cm³/mol. The summed E-state index contributed by atoms with van der Waals surface area (Å²) in [5.41, 5.74) is 9.60. The Morgan fingerprint density at radius 3 is 2.75 bits per heavy atom. The molecule has 0 saturated carbocycles. The third-order valence-corrected chi connectivity index (χ3v) is 3.15. The van der Waals surface area contributed by atoms with Crippen molar-refractivity contribution in [3.05, 3.63) is 46.8 Å². The number of hydrogen-bond donors (Lipinski definition) is 1. The highest BCUT2D eigenvalue weighted by Gasteiger charge is 2.11.